The van der Waals surface area contributed by atoms with Crippen molar-refractivity contribution in [3.63, 3.8) is 0 Å². The predicted octanol–water partition coefficient (Wildman–Crippen LogP) is 7.13. The molecule has 0 saturated heterocycles. The van der Waals surface area contributed by atoms with Gasteiger partial charge in [0.25, 0.3) is 5.91 Å². The topological polar surface area (TPSA) is 76.1 Å². The average Bonchev–Trinajstić information content (AvgIpc) is 2.93. The van der Waals surface area contributed by atoms with Crippen LogP contribution in [0.2, 0.25) is 5.02 Å². The molecule has 1 saturated carbocycles. The van der Waals surface area contributed by atoms with Crippen molar-refractivity contribution in [1.82, 2.24) is 15.3 Å². The van der Waals surface area contributed by atoms with E-state index in [1.54, 1.807) is 31.5 Å². The molecule has 1 aliphatic rings. The van der Waals surface area contributed by atoms with Gasteiger partial charge in [-0.05, 0) is 74.2 Å². The number of rotatable bonds is 6. The van der Waals surface area contributed by atoms with E-state index in [-0.39, 0.29) is 23.5 Å². The first-order valence-electron chi connectivity index (χ1n) is 12.6. The number of fused-ring (bicyclic) bond motifs is 1. The summed E-state index contributed by atoms with van der Waals surface area (Å²) in [5, 5.41) is 7.29. The molecule has 10 heteroatoms. The Balaban J connectivity index is 1.22. The summed E-state index contributed by atoms with van der Waals surface area (Å²) in [6.45, 7) is 0. The monoisotopic (exact) mass is 554 g/mol. The van der Waals surface area contributed by atoms with Crippen LogP contribution in [0, 0.1) is 0 Å². The summed E-state index contributed by atoms with van der Waals surface area (Å²) in [6.07, 6.45) is -0.282. The number of carbonyl (C=O) groups is 1. The van der Waals surface area contributed by atoms with Crippen molar-refractivity contribution in [2.75, 3.05) is 12.4 Å². The number of alkyl halides is 3. The quantitative estimate of drug-likeness (QED) is 0.265. The molecule has 0 radical (unpaired) electrons. The van der Waals surface area contributed by atoms with E-state index in [1.165, 1.54) is 12.1 Å². The van der Waals surface area contributed by atoms with Gasteiger partial charge in [0.05, 0.1) is 23.9 Å². The SMILES string of the molecule is COc1ccccc1-c1ccc(C(=O)NC2CCC(Nc3cc(C(F)(F)F)nc4ccc(Cl)cc34)CC2)cn1. The Morgan fingerprint density at radius 1 is 1.00 bits per heavy atom. The van der Waals surface area contributed by atoms with Gasteiger partial charge in [-0.2, -0.15) is 13.2 Å². The third kappa shape index (κ3) is 6.09. The number of aromatic nitrogens is 2. The van der Waals surface area contributed by atoms with Gasteiger partial charge < -0.3 is 15.4 Å². The molecular formula is C29H26ClF3N4O2. The molecule has 0 atom stereocenters. The zero-order valence-corrected chi connectivity index (χ0v) is 21.8. The number of hydrogen-bond acceptors (Lipinski definition) is 5. The number of pyridine rings is 2. The summed E-state index contributed by atoms with van der Waals surface area (Å²) in [4.78, 5) is 21.1. The predicted molar refractivity (Wildman–Crippen MR) is 145 cm³/mol. The number of methoxy groups -OCH3 is 1. The Kier molecular flexibility index (Phi) is 7.61. The molecule has 0 spiro atoms. The van der Waals surface area contributed by atoms with Crippen LogP contribution in [0.25, 0.3) is 22.2 Å². The van der Waals surface area contributed by atoms with Gasteiger partial charge in [0.2, 0.25) is 0 Å². The lowest BCUT2D eigenvalue weighted by Crippen LogP contribution is -2.40. The van der Waals surface area contributed by atoms with Crippen molar-refractivity contribution in [3.8, 4) is 17.0 Å². The van der Waals surface area contributed by atoms with Crippen molar-refractivity contribution >= 4 is 34.1 Å². The van der Waals surface area contributed by atoms with E-state index in [4.69, 9.17) is 16.3 Å². The maximum atomic E-state index is 13.4. The highest BCUT2D eigenvalue weighted by Crippen LogP contribution is 2.35. The molecule has 202 valence electrons. The number of halogens is 4. The smallest absolute Gasteiger partial charge is 0.433 e. The highest BCUT2D eigenvalue weighted by atomic mass is 35.5. The first kappa shape index (κ1) is 26.7. The maximum Gasteiger partial charge on any atom is 0.433 e. The third-order valence-electron chi connectivity index (χ3n) is 6.89. The molecule has 2 N–H and O–H groups in total. The lowest BCUT2D eigenvalue weighted by Gasteiger charge is -2.30. The molecule has 4 aromatic rings. The zero-order chi connectivity index (χ0) is 27.6. The molecule has 1 fully saturated rings. The molecule has 1 amide bonds. The molecule has 0 aliphatic heterocycles. The van der Waals surface area contributed by atoms with E-state index in [0.29, 0.717) is 58.8 Å². The summed E-state index contributed by atoms with van der Waals surface area (Å²) < 4.78 is 45.7. The van der Waals surface area contributed by atoms with Crippen molar-refractivity contribution < 1.29 is 22.7 Å². The number of amides is 1. The Bertz CT molecular complexity index is 1490. The second kappa shape index (κ2) is 11.1. The number of carbonyl (C=O) groups excluding carboxylic acids is 1. The van der Waals surface area contributed by atoms with Crippen molar-refractivity contribution in [3.05, 3.63) is 83.1 Å². The number of benzene rings is 2. The van der Waals surface area contributed by atoms with Crippen LogP contribution in [0.15, 0.2) is 66.9 Å². The molecule has 0 bridgehead atoms. The van der Waals surface area contributed by atoms with Gasteiger partial charge in [0.1, 0.15) is 11.4 Å². The first-order valence-corrected chi connectivity index (χ1v) is 12.9. The number of anilines is 1. The molecule has 39 heavy (non-hydrogen) atoms. The minimum absolute atomic E-state index is 0.0428. The van der Waals surface area contributed by atoms with E-state index in [0.717, 1.165) is 11.6 Å². The van der Waals surface area contributed by atoms with E-state index in [1.807, 2.05) is 24.3 Å². The second-order valence-corrected chi connectivity index (χ2v) is 9.95. The summed E-state index contributed by atoms with van der Waals surface area (Å²) in [6, 6.07) is 16.6. The van der Waals surface area contributed by atoms with Crippen molar-refractivity contribution in [1.29, 1.82) is 0 Å². The van der Waals surface area contributed by atoms with Crippen LogP contribution in [-0.4, -0.2) is 35.1 Å². The number of hydrogen-bond donors (Lipinski definition) is 2. The van der Waals surface area contributed by atoms with Crippen LogP contribution in [0.1, 0.15) is 41.7 Å². The highest BCUT2D eigenvalue weighted by Gasteiger charge is 2.34. The lowest BCUT2D eigenvalue weighted by atomic mass is 9.90. The summed E-state index contributed by atoms with van der Waals surface area (Å²) in [7, 11) is 1.60. The van der Waals surface area contributed by atoms with Gasteiger partial charge in [-0.3, -0.25) is 9.78 Å². The van der Waals surface area contributed by atoms with Gasteiger partial charge in [0, 0.05) is 39.9 Å². The van der Waals surface area contributed by atoms with Crippen LogP contribution in [0.5, 0.6) is 5.75 Å². The molecule has 2 aromatic carbocycles. The highest BCUT2D eigenvalue weighted by molar-refractivity contribution is 6.31. The Morgan fingerprint density at radius 3 is 2.44 bits per heavy atom. The molecule has 6 nitrogen and oxygen atoms in total. The number of ether oxygens (including phenoxy) is 1. The molecule has 2 aromatic heterocycles. The van der Waals surface area contributed by atoms with Gasteiger partial charge >= 0.3 is 6.18 Å². The van der Waals surface area contributed by atoms with Crippen LogP contribution < -0.4 is 15.4 Å². The molecular weight excluding hydrogens is 529 g/mol. The second-order valence-electron chi connectivity index (χ2n) is 9.51. The van der Waals surface area contributed by atoms with Crippen LogP contribution in [-0.2, 0) is 6.18 Å². The van der Waals surface area contributed by atoms with E-state index < -0.39 is 11.9 Å². The Hall–Kier alpha value is -3.85. The van der Waals surface area contributed by atoms with E-state index in [2.05, 4.69) is 20.6 Å². The number of nitrogens with zero attached hydrogens (tertiary/aromatic N) is 2. The summed E-state index contributed by atoms with van der Waals surface area (Å²) in [5.74, 6) is 0.486. The molecule has 5 rings (SSSR count). The normalized spacial score (nSPS) is 17.6. The molecule has 1 aliphatic carbocycles. The minimum Gasteiger partial charge on any atom is -0.496 e. The summed E-state index contributed by atoms with van der Waals surface area (Å²) >= 11 is 6.11. The average molecular weight is 555 g/mol. The zero-order valence-electron chi connectivity index (χ0n) is 21.1. The fraction of sp³-hybridized carbons (Fsp3) is 0.276. The van der Waals surface area contributed by atoms with Gasteiger partial charge in [-0.15, -0.1) is 0 Å². The van der Waals surface area contributed by atoms with E-state index in [9.17, 15) is 18.0 Å². The third-order valence-corrected chi connectivity index (χ3v) is 7.13. The molecule has 0 unspecified atom stereocenters. The first-order chi connectivity index (χ1) is 18.7. The minimum atomic E-state index is -4.56. The van der Waals surface area contributed by atoms with Gasteiger partial charge in [0.15, 0.2) is 0 Å². The van der Waals surface area contributed by atoms with Crippen molar-refractivity contribution in [2.45, 2.75) is 43.9 Å². The Labute approximate surface area is 228 Å². The van der Waals surface area contributed by atoms with Crippen molar-refractivity contribution in [2.24, 2.45) is 0 Å². The largest absolute Gasteiger partial charge is 0.496 e. The number of nitrogens with one attached hydrogen (secondary N) is 2. The van der Waals surface area contributed by atoms with Crippen LogP contribution in [0.4, 0.5) is 18.9 Å². The van der Waals surface area contributed by atoms with Gasteiger partial charge in [-0.25, -0.2) is 4.98 Å². The fourth-order valence-electron chi connectivity index (χ4n) is 4.88. The van der Waals surface area contributed by atoms with Crippen LogP contribution in [0.3, 0.4) is 0 Å². The molecule has 2 heterocycles. The lowest BCUT2D eigenvalue weighted by molar-refractivity contribution is -0.140. The van der Waals surface area contributed by atoms with E-state index >= 15 is 0 Å². The fourth-order valence-corrected chi connectivity index (χ4v) is 5.05. The maximum absolute atomic E-state index is 13.4. The standard InChI is InChI=1S/C29H26ClF3N4O2/c1-39-26-5-3-2-4-21(26)23-12-6-17(16-34-23)28(38)36-20-10-8-19(9-11-20)35-25-15-27(29(31,32)33)37-24-13-7-18(30)14-22(24)25/h2-7,12-16,19-20H,8-11H2,1H3,(H,35,37)(H,36,38). The van der Waals surface area contributed by atoms with Crippen LogP contribution >= 0.6 is 11.6 Å². The van der Waals surface area contributed by atoms with Gasteiger partial charge in [-0.1, -0.05) is 23.7 Å². The summed E-state index contributed by atoms with van der Waals surface area (Å²) in [5.41, 5.74) is 1.62. The Morgan fingerprint density at radius 2 is 1.74 bits per heavy atom. The number of para-hydroxylation sites is 1.